The van der Waals surface area contributed by atoms with Gasteiger partial charge in [0.1, 0.15) is 5.82 Å². The molecule has 33 heavy (non-hydrogen) atoms. The molecule has 0 amide bonds. The second kappa shape index (κ2) is 6.94. The van der Waals surface area contributed by atoms with Crippen molar-refractivity contribution < 1.29 is 4.39 Å². The minimum absolute atomic E-state index is 0.234. The van der Waals surface area contributed by atoms with E-state index in [1.165, 1.54) is 27.4 Å². The summed E-state index contributed by atoms with van der Waals surface area (Å²) in [4.78, 5) is 0. The number of nitrogens with zero attached hydrogens (tertiary/aromatic N) is 2. The molecule has 1 aliphatic rings. The maximum Gasteiger partial charge on any atom is 0.127 e. The van der Waals surface area contributed by atoms with Gasteiger partial charge in [-0.1, -0.05) is 66.7 Å². The van der Waals surface area contributed by atoms with Crippen molar-refractivity contribution in [3.05, 3.63) is 114 Å². The van der Waals surface area contributed by atoms with Crippen molar-refractivity contribution in [2.75, 3.05) is 0 Å². The third-order valence-electron chi connectivity index (χ3n) is 6.81. The molecule has 4 aromatic carbocycles. The molecule has 0 saturated heterocycles. The predicted octanol–water partition coefficient (Wildman–Crippen LogP) is 7.83. The van der Waals surface area contributed by atoms with Crippen LogP contribution in [0.2, 0.25) is 0 Å². The average Bonchev–Trinajstić information content (AvgIpc) is 3.37. The molecule has 1 aliphatic carbocycles. The summed E-state index contributed by atoms with van der Waals surface area (Å²) in [5.74, 6) is -0.234. The molecule has 0 N–H and O–H groups in total. The molecule has 3 heteroatoms. The Morgan fingerprint density at radius 3 is 1.82 bits per heavy atom. The van der Waals surface area contributed by atoms with Gasteiger partial charge >= 0.3 is 0 Å². The third kappa shape index (κ3) is 2.66. The van der Waals surface area contributed by atoms with E-state index >= 15 is 4.39 Å². The Kier molecular flexibility index (Phi) is 3.88. The first-order valence-electron chi connectivity index (χ1n) is 11.4. The van der Waals surface area contributed by atoms with E-state index in [1.807, 2.05) is 12.1 Å². The Labute approximate surface area is 190 Å². The van der Waals surface area contributed by atoms with Crippen LogP contribution in [0, 0.1) is 5.82 Å². The minimum Gasteiger partial charge on any atom is -0.313 e. The van der Waals surface area contributed by atoms with Gasteiger partial charge in [0.2, 0.25) is 0 Å². The van der Waals surface area contributed by atoms with Crippen molar-refractivity contribution in [2.45, 2.75) is 12.8 Å². The molecular formula is C30H21FN2. The molecule has 0 bridgehead atoms. The Hall–Kier alpha value is -4.11. The van der Waals surface area contributed by atoms with Gasteiger partial charge in [-0.3, -0.25) is 0 Å². The van der Waals surface area contributed by atoms with Gasteiger partial charge in [-0.2, -0.15) is 0 Å². The van der Waals surface area contributed by atoms with Crippen molar-refractivity contribution in [3.8, 4) is 11.4 Å². The molecule has 2 heterocycles. The summed E-state index contributed by atoms with van der Waals surface area (Å²) in [5.41, 5.74) is 7.47. The van der Waals surface area contributed by atoms with Crippen LogP contribution < -0.4 is 0 Å². The fourth-order valence-corrected chi connectivity index (χ4v) is 5.48. The molecule has 0 unspecified atom stereocenters. The average molecular weight is 429 g/mol. The zero-order valence-corrected chi connectivity index (χ0v) is 18.0. The van der Waals surface area contributed by atoms with Crippen molar-refractivity contribution in [1.82, 2.24) is 9.13 Å². The minimum atomic E-state index is -0.234. The van der Waals surface area contributed by atoms with Gasteiger partial charge in [0, 0.05) is 27.4 Å². The lowest BCUT2D eigenvalue weighted by Gasteiger charge is -2.16. The topological polar surface area (TPSA) is 9.86 Å². The lowest BCUT2D eigenvalue weighted by Crippen LogP contribution is -2.05. The van der Waals surface area contributed by atoms with E-state index in [0.29, 0.717) is 0 Å². The Bertz CT molecular complexity index is 1680. The monoisotopic (exact) mass is 428 g/mol. The first-order valence-corrected chi connectivity index (χ1v) is 11.4. The van der Waals surface area contributed by atoms with Crippen LogP contribution in [0.1, 0.15) is 17.7 Å². The van der Waals surface area contributed by atoms with Gasteiger partial charge in [-0.25, -0.2) is 4.39 Å². The van der Waals surface area contributed by atoms with Gasteiger partial charge < -0.3 is 9.13 Å². The molecule has 7 rings (SSSR count). The maximum absolute atomic E-state index is 15.2. The molecule has 2 nitrogen and oxygen atoms in total. The highest BCUT2D eigenvalue weighted by molar-refractivity contribution is 6.09. The lowest BCUT2D eigenvalue weighted by molar-refractivity contribution is 0.625. The molecule has 0 atom stereocenters. The Morgan fingerprint density at radius 2 is 1.15 bits per heavy atom. The summed E-state index contributed by atoms with van der Waals surface area (Å²) < 4.78 is 19.6. The number of allylic oxidation sites excluding steroid dienone is 1. The van der Waals surface area contributed by atoms with Crippen LogP contribution in [-0.4, -0.2) is 9.13 Å². The van der Waals surface area contributed by atoms with Gasteiger partial charge in [0.25, 0.3) is 0 Å². The third-order valence-corrected chi connectivity index (χ3v) is 6.81. The molecule has 0 radical (unpaired) electrons. The van der Waals surface area contributed by atoms with Gasteiger partial charge in [0.05, 0.1) is 27.9 Å². The molecule has 0 saturated carbocycles. The normalized spacial score (nSPS) is 13.2. The van der Waals surface area contributed by atoms with Crippen molar-refractivity contribution in [3.63, 3.8) is 0 Å². The Morgan fingerprint density at radius 1 is 0.606 bits per heavy atom. The molecule has 0 aliphatic heterocycles. The second-order valence-electron chi connectivity index (χ2n) is 8.69. The number of rotatable bonds is 2. The molecule has 6 aromatic rings. The largest absolute Gasteiger partial charge is 0.313 e. The molecular weight excluding hydrogens is 407 g/mol. The van der Waals surface area contributed by atoms with Crippen molar-refractivity contribution in [1.29, 1.82) is 0 Å². The zero-order chi connectivity index (χ0) is 21.9. The number of hydrogen-bond donors (Lipinski definition) is 0. The van der Waals surface area contributed by atoms with E-state index in [0.717, 1.165) is 40.8 Å². The SMILES string of the molecule is Fc1cc(-n2c3c(c4ccccc42)C=CCC3)cc(-n2c3ccccc3c3ccccc32)c1. The fraction of sp³-hybridized carbons (Fsp3) is 0.0667. The fourth-order valence-electron chi connectivity index (χ4n) is 5.48. The second-order valence-corrected chi connectivity index (χ2v) is 8.69. The standard InChI is InChI=1S/C30H21FN2/c31-20-17-21(32-27-13-5-1-9-23(27)24-10-2-6-14-28(24)32)19-22(18-20)33-29-15-7-3-11-25(29)26-12-4-8-16-30(26)33/h1-7,9-15,17-19H,8,16H2. The van der Waals surface area contributed by atoms with E-state index in [-0.39, 0.29) is 5.82 Å². The number of fused-ring (bicyclic) bond motifs is 6. The summed E-state index contributed by atoms with van der Waals surface area (Å²) in [6, 6.07) is 30.5. The summed E-state index contributed by atoms with van der Waals surface area (Å²) in [7, 11) is 0. The number of aromatic nitrogens is 2. The van der Waals surface area contributed by atoms with Gasteiger partial charge in [0.15, 0.2) is 0 Å². The quantitative estimate of drug-likeness (QED) is 0.266. The predicted molar refractivity (Wildman–Crippen MR) is 135 cm³/mol. The van der Waals surface area contributed by atoms with Crippen LogP contribution in [0.4, 0.5) is 4.39 Å². The van der Waals surface area contributed by atoms with Crippen molar-refractivity contribution in [2.24, 2.45) is 0 Å². The molecule has 0 spiro atoms. The summed E-state index contributed by atoms with van der Waals surface area (Å²) >= 11 is 0. The summed E-state index contributed by atoms with van der Waals surface area (Å²) in [6.07, 6.45) is 6.39. The van der Waals surface area contributed by atoms with E-state index < -0.39 is 0 Å². The number of hydrogen-bond acceptors (Lipinski definition) is 0. The molecule has 158 valence electrons. The number of halogens is 1. The summed E-state index contributed by atoms with van der Waals surface area (Å²) in [6.45, 7) is 0. The van der Waals surface area contributed by atoms with Crippen LogP contribution in [0.5, 0.6) is 0 Å². The highest BCUT2D eigenvalue weighted by atomic mass is 19.1. The van der Waals surface area contributed by atoms with Crippen molar-refractivity contribution >= 4 is 38.8 Å². The number of benzene rings is 4. The summed E-state index contributed by atoms with van der Waals surface area (Å²) in [5, 5.41) is 3.56. The van der Waals surface area contributed by atoms with E-state index in [4.69, 9.17) is 0 Å². The van der Waals surface area contributed by atoms with E-state index in [9.17, 15) is 0 Å². The highest BCUT2D eigenvalue weighted by Crippen LogP contribution is 2.36. The smallest absolute Gasteiger partial charge is 0.127 e. The van der Waals surface area contributed by atoms with Crippen LogP contribution in [0.15, 0.2) is 97.1 Å². The first kappa shape index (κ1) is 18.5. The Balaban J connectivity index is 1.55. The molecule has 2 aromatic heterocycles. The zero-order valence-electron chi connectivity index (χ0n) is 18.0. The van der Waals surface area contributed by atoms with E-state index in [2.05, 4.69) is 88.0 Å². The van der Waals surface area contributed by atoms with Crippen LogP contribution in [0.3, 0.4) is 0 Å². The first-order chi connectivity index (χ1) is 16.3. The molecule has 0 fully saturated rings. The maximum atomic E-state index is 15.2. The van der Waals surface area contributed by atoms with E-state index in [1.54, 1.807) is 12.1 Å². The van der Waals surface area contributed by atoms with Crippen LogP contribution in [0.25, 0.3) is 50.2 Å². The highest BCUT2D eigenvalue weighted by Gasteiger charge is 2.20. The lowest BCUT2D eigenvalue weighted by atomic mass is 10.0. The van der Waals surface area contributed by atoms with Crippen LogP contribution in [-0.2, 0) is 6.42 Å². The van der Waals surface area contributed by atoms with Gasteiger partial charge in [-0.15, -0.1) is 0 Å². The van der Waals surface area contributed by atoms with Gasteiger partial charge in [-0.05, 0) is 49.2 Å². The number of para-hydroxylation sites is 3. The van der Waals surface area contributed by atoms with Crippen LogP contribution >= 0.6 is 0 Å².